The molecule has 0 atom stereocenters. The first-order valence-corrected chi connectivity index (χ1v) is 6.71. The second kappa shape index (κ2) is 5.27. The average Bonchev–Trinajstić information content (AvgIpc) is 2.52. The van der Waals surface area contributed by atoms with Crippen LogP contribution in [0.15, 0.2) is 53.9 Å². The van der Waals surface area contributed by atoms with Gasteiger partial charge in [0.25, 0.3) is 0 Å². The van der Waals surface area contributed by atoms with Gasteiger partial charge in [0, 0.05) is 28.4 Å². The SMILES string of the molecule is Cc1cc(-c2ccccc2N=[N+]=[N-])c(C)c2cnccc12. The fraction of sp³-hybridized carbons (Fsp3) is 0.118. The van der Waals surface area contributed by atoms with Gasteiger partial charge in [0.1, 0.15) is 0 Å². The molecule has 0 spiro atoms. The molecule has 4 nitrogen and oxygen atoms in total. The Labute approximate surface area is 122 Å². The molecule has 0 N–H and O–H groups in total. The van der Waals surface area contributed by atoms with E-state index in [9.17, 15) is 0 Å². The fourth-order valence-corrected chi connectivity index (χ4v) is 2.70. The summed E-state index contributed by atoms with van der Waals surface area (Å²) in [7, 11) is 0. The number of aromatic nitrogens is 1. The average molecular weight is 274 g/mol. The van der Waals surface area contributed by atoms with Crippen LogP contribution in [-0.4, -0.2) is 4.98 Å². The normalized spacial score (nSPS) is 10.4. The van der Waals surface area contributed by atoms with Crippen LogP contribution in [-0.2, 0) is 0 Å². The van der Waals surface area contributed by atoms with E-state index in [1.165, 1.54) is 10.9 Å². The van der Waals surface area contributed by atoms with Gasteiger partial charge in [-0.3, -0.25) is 4.98 Å². The topological polar surface area (TPSA) is 61.7 Å². The maximum absolute atomic E-state index is 8.74. The highest BCUT2D eigenvalue weighted by Gasteiger charge is 2.11. The van der Waals surface area contributed by atoms with Crippen LogP contribution in [0.1, 0.15) is 11.1 Å². The minimum atomic E-state index is 0.644. The Morgan fingerprint density at radius 2 is 1.86 bits per heavy atom. The molecular formula is C17H14N4. The lowest BCUT2D eigenvalue weighted by molar-refractivity contribution is 1.34. The van der Waals surface area contributed by atoms with E-state index in [2.05, 4.69) is 34.9 Å². The molecule has 1 aromatic heterocycles. The van der Waals surface area contributed by atoms with Crippen molar-refractivity contribution in [3.8, 4) is 11.1 Å². The van der Waals surface area contributed by atoms with Crippen LogP contribution in [0.2, 0.25) is 0 Å². The highest BCUT2D eigenvalue weighted by Crippen LogP contribution is 2.36. The molecule has 3 rings (SSSR count). The van der Waals surface area contributed by atoms with Crippen LogP contribution in [0.5, 0.6) is 0 Å². The van der Waals surface area contributed by atoms with E-state index in [0.717, 1.165) is 22.1 Å². The molecule has 3 aromatic rings. The molecule has 0 fully saturated rings. The fourth-order valence-electron chi connectivity index (χ4n) is 2.70. The summed E-state index contributed by atoms with van der Waals surface area (Å²) in [6.45, 7) is 4.16. The highest BCUT2D eigenvalue weighted by atomic mass is 15.1. The summed E-state index contributed by atoms with van der Waals surface area (Å²) in [5.74, 6) is 0. The Morgan fingerprint density at radius 1 is 1.05 bits per heavy atom. The molecule has 0 aliphatic carbocycles. The van der Waals surface area contributed by atoms with Crippen LogP contribution in [0, 0.1) is 13.8 Å². The third-order valence-corrected chi connectivity index (χ3v) is 3.76. The predicted octanol–water partition coefficient (Wildman–Crippen LogP) is 5.46. The van der Waals surface area contributed by atoms with Gasteiger partial charge in [0.05, 0.1) is 0 Å². The maximum atomic E-state index is 8.74. The van der Waals surface area contributed by atoms with Crippen molar-refractivity contribution in [1.82, 2.24) is 4.98 Å². The summed E-state index contributed by atoms with van der Waals surface area (Å²) in [5, 5.41) is 6.13. The standard InChI is InChI=1S/C17H14N4/c1-11-9-15(12(2)16-10-19-8-7-13(11)16)14-5-3-4-6-17(14)20-21-18/h3-10H,1-2H3. The number of benzene rings is 2. The summed E-state index contributed by atoms with van der Waals surface area (Å²) >= 11 is 0. The molecule has 21 heavy (non-hydrogen) atoms. The first-order valence-electron chi connectivity index (χ1n) is 6.71. The summed E-state index contributed by atoms with van der Waals surface area (Å²) in [5.41, 5.74) is 13.7. The van der Waals surface area contributed by atoms with E-state index in [0.29, 0.717) is 5.69 Å². The Hall–Kier alpha value is -2.84. The van der Waals surface area contributed by atoms with Crippen LogP contribution in [0.3, 0.4) is 0 Å². The summed E-state index contributed by atoms with van der Waals surface area (Å²) in [6.07, 6.45) is 3.69. The van der Waals surface area contributed by atoms with Gasteiger partial charge in [-0.25, -0.2) is 0 Å². The molecule has 0 radical (unpaired) electrons. The van der Waals surface area contributed by atoms with Crippen molar-refractivity contribution in [3.05, 3.63) is 70.4 Å². The van der Waals surface area contributed by atoms with E-state index in [4.69, 9.17) is 5.53 Å². The second-order valence-corrected chi connectivity index (χ2v) is 4.99. The van der Waals surface area contributed by atoms with Gasteiger partial charge in [0.15, 0.2) is 0 Å². The first kappa shape index (κ1) is 13.2. The third kappa shape index (κ3) is 2.22. The van der Waals surface area contributed by atoms with E-state index >= 15 is 0 Å². The summed E-state index contributed by atoms with van der Waals surface area (Å²) in [4.78, 5) is 7.15. The Kier molecular flexibility index (Phi) is 3.30. The molecule has 0 unspecified atom stereocenters. The van der Waals surface area contributed by atoms with Crippen molar-refractivity contribution in [1.29, 1.82) is 0 Å². The monoisotopic (exact) mass is 274 g/mol. The number of nitrogens with zero attached hydrogens (tertiary/aromatic N) is 4. The van der Waals surface area contributed by atoms with Gasteiger partial charge >= 0.3 is 0 Å². The largest absolute Gasteiger partial charge is 0.264 e. The number of azide groups is 1. The van der Waals surface area contributed by atoms with Gasteiger partial charge in [-0.15, -0.1) is 0 Å². The second-order valence-electron chi connectivity index (χ2n) is 4.99. The quantitative estimate of drug-likeness (QED) is 0.347. The number of fused-ring (bicyclic) bond motifs is 1. The lowest BCUT2D eigenvalue weighted by Crippen LogP contribution is -1.90. The minimum absolute atomic E-state index is 0.644. The van der Waals surface area contributed by atoms with Crippen LogP contribution in [0.25, 0.3) is 32.3 Å². The summed E-state index contributed by atoms with van der Waals surface area (Å²) < 4.78 is 0. The molecule has 2 aromatic carbocycles. The highest BCUT2D eigenvalue weighted by molar-refractivity contribution is 5.95. The molecule has 102 valence electrons. The van der Waals surface area contributed by atoms with Gasteiger partial charge in [-0.2, -0.15) is 0 Å². The number of hydrogen-bond acceptors (Lipinski definition) is 2. The van der Waals surface area contributed by atoms with Crippen LogP contribution in [0.4, 0.5) is 5.69 Å². The molecule has 0 bridgehead atoms. The number of hydrogen-bond donors (Lipinski definition) is 0. The molecule has 0 amide bonds. The van der Waals surface area contributed by atoms with Gasteiger partial charge in [0.2, 0.25) is 0 Å². The van der Waals surface area contributed by atoms with Gasteiger partial charge in [-0.1, -0.05) is 35.4 Å². The van der Waals surface area contributed by atoms with Crippen LogP contribution >= 0.6 is 0 Å². The molecule has 0 saturated carbocycles. The zero-order valence-electron chi connectivity index (χ0n) is 11.9. The molecule has 0 aliphatic rings. The number of rotatable bonds is 2. The number of aryl methyl sites for hydroxylation is 2. The van der Waals surface area contributed by atoms with Crippen molar-refractivity contribution in [2.24, 2.45) is 5.11 Å². The lowest BCUT2D eigenvalue weighted by atomic mass is 9.92. The minimum Gasteiger partial charge on any atom is -0.264 e. The third-order valence-electron chi connectivity index (χ3n) is 3.76. The molecule has 0 saturated heterocycles. The van der Waals surface area contributed by atoms with Gasteiger partial charge in [-0.05, 0) is 53.1 Å². The molecule has 4 heteroatoms. The van der Waals surface area contributed by atoms with Crippen molar-refractivity contribution >= 4 is 16.5 Å². The molecule has 1 heterocycles. The Bertz CT molecular complexity index is 877. The Balaban J connectivity index is 2.36. The Morgan fingerprint density at radius 3 is 2.67 bits per heavy atom. The number of pyridine rings is 1. The van der Waals surface area contributed by atoms with Crippen molar-refractivity contribution in [3.63, 3.8) is 0 Å². The van der Waals surface area contributed by atoms with Crippen molar-refractivity contribution in [2.45, 2.75) is 13.8 Å². The zero-order chi connectivity index (χ0) is 14.8. The first-order chi connectivity index (χ1) is 10.2. The van der Waals surface area contributed by atoms with Crippen molar-refractivity contribution < 1.29 is 0 Å². The molecular weight excluding hydrogens is 260 g/mol. The molecule has 0 aliphatic heterocycles. The smallest absolute Gasteiger partial charge is 0.0453 e. The predicted molar refractivity (Wildman–Crippen MR) is 85.5 cm³/mol. The van der Waals surface area contributed by atoms with Gasteiger partial charge < -0.3 is 0 Å². The maximum Gasteiger partial charge on any atom is 0.0453 e. The van der Waals surface area contributed by atoms with E-state index < -0.39 is 0 Å². The van der Waals surface area contributed by atoms with Crippen LogP contribution < -0.4 is 0 Å². The van der Waals surface area contributed by atoms with E-state index in [1.54, 1.807) is 0 Å². The van der Waals surface area contributed by atoms with E-state index in [-0.39, 0.29) is 0 Å². The van der Waals surface area contributed by atoms with Crippen molar-refractivity contribution in [2.75, 3.05) is 0 Å². The lowest BCUT2D eigenvalue weighted by Gasteiger charge is -2.13. The zero-order valence-corrected chi connectivity index (χ0v) is 11.9. The van der Waals surface area contributed by atoms with E-state index in [1.807, 2.05) is 42.7 Å². The summed E-state index contributed by atoms with van der Waals surface area (Å²) in [6, 6.07) is 11.8.